The van der Waals surface area contributed by atoms with Crippen LogP contribution in [0.25, 0.3) is 0 Å². The molecule has 2 aliphatic heterocycles. The SMILES string of the molecule is C=C1C(=O)O[C@@H]2/C=C(/CO[C@@H]3O[C@H](CO)[C@@H](O)[C@H](O)[C@H]3O)CC/C=C(/C=O)C[C@H](O)[C@@H]12. The Hall–Kier alpha value is -1.92. The Morgan fingerprint density at radius 2 is 1.94 bits per heavy atom. The number of rotatable bonds is 5. The predicted molar refractivity (Wildman–Crippen MR) is 104 cm³/mol. The highest BCUT2D eigenvalue weighted by Gasteiger charge is 2.45. The normalized spacial score (nSPS) is 42.6. The third kappa shape index (κ3) is 5.12. The van der Waals surface area contributed by atoms with E-state index in [9.17, 15) is 35.1 Å². The number of ether oxygens (including phenoxy) is 3. The van der Waals surface area contributed by atoms with Gasteiger partial charge in [0.2, 0.25) is 0 Å². The highest BCUT2D eigenvalue weighted by Crippen LogP contribution is 2.34. The van der Waals surface area contributed by atoms with Gasteiger partial charge < -0.3 is 39.7 Å². The molecule has 0 aromatic heterocycles. The van der Waals surface area contributed by atoms with E-state index in [1.165, 1.54) is 0 Å². The van der Waals surface area contributed by atoms with Crippen LogP contribution in [0.5, 0.6) is 0 Å². The van der Waals surface area contributed by atoms with Gasteiger partial charge in [0.1, 0.15) is 36.8 Å². The minimum Gasteiger partial charge on any atom is -0.454 e. The number of esters is 1. The smallest absolute Gasteiger partial charge is 0.334 e. The largest absolute Gasteiger partial charge is 0.454 e. The molecule has 5 N–H and O–H groups in total. The first kappa shape index (κ1) is 23.7. The van der Waals surface area contributed by atoms with Crippen LogP contribution >= 0.6 is 0 Å². The van der Waals surface area contributed by atoms with Crippen LogP contribution in [0.15, 0.2) is 35.5 Å². The number of aliphatic hydroxyl groups is 5. The van der Waals surface area contributed by atoms with Gasteiger partial charge in [-0.05, 0) is 30.1 Å². The average Bonchev–Trinajstić information content (AvgIpc) is 3.03. The molecule has 3 rings (SSSR count). The van der Waals surface area contributed by atoms with Crippen molar-refractivity contribution in [3.8, 4) is 0 Å². The molecule has 172 valence electrons. The van der Waals surface area contributed by atoms with E-state index in [2.05, 4.69) is 6.58 Å². The Morgan fingerprint density at radius 1 is 1.19 bits per heavy atom. The van der Waals surface area contributed by atoms with Crippen molar-refractivity contribution in [3.05, 3.63) is 35.5 Å². The van der Waals surface area contributed by atoms with Crippen molar-refractivity contribution in [1.82, 2.24) is 0 Å². The fourth-order valence-corrected chi connectivity index (χ4v) is 4.02. The molecule has 2 saturated heterocycles. The second kappa shape index (κ2) is 10.1. The number of aldehydes is 1. The topological polar surface area (TPSA) is 163 Å². The van der Waals surface area contributed by atoms with Gasteiger partial charge in [-0.15, -0.1) is 0 Å². The first-order chi connectivity index (χ1) is 14.8. The van der Waals surface area contributed by atoms with E-state index in [1.54, 1.807) is 12.2 Å². The summed E-state index contributed by atoms with van der Waals surface area (Å²) in [6.45, 7) is 3.04. The van der Waals surface area contributed by atoms with E-state index in [-0.39, 0.29) is 18.6 Å². The van der Waals surface area contributed by atoms with E-state index in [0.717, 1.165) is 0 Å². The molecule has 2 fully saturated rings. The van der Waals surface area contributed by atoms with Crippen molar-refractivity contribution in [1.29, 1.82) is 0 Å². The van der Waals surface area contributed by atoms with Gasteiger partial charge in [-0.25, -0.2) is 4.79 Å². The molecule has 0 spiro atoms. The Balaban J connectivity index is 1.78. The summed E-state index contributed by atoms with van der Waals surface area (Å²) in [6, 6.07) is 0. The second-order valence-corrected chi connectivity index (χ2v) is 7.96. The maximum atomic E-state index is 12.0. The highest BCUT2D eigenvalue weighted by atomic mass is 16.7. The summed E-state index contributed by atoms with van der Waals surface area (Å²) >= 11 is 0. The van der Waals surface area contributed by atoms with Crippen molar-refractivity contribution in [2.24, 2.45) is 5.92 Å². The Labute approximate surface area is 179 Å². The zero-order chi connectivity index (χ0) is 22.7. The zero-order valence-electron chi connectivity index (χ0n) is 16.9. The second-order valence-electron chi connectivity index (χ2n) is 7.96. The molecule has 0 aromatic carbocycles. The van der Waals surface area contributed by atoms with Crippen LogP contribution in [0, 0.1) is 5.92 Å². The predicted octanol–water partition coefficient (Wildman–Crippen LogP) is -1.50. The molecular weight excluding hydrogens is 412 g/mol. The summed E-state index contributed by atoms with van der Waals surface area (Å²) in [6.07, 6.45) is -3.89. The quantitative estimate of drug-likeness (QED) is 0.147. The maximum absolute atomic E-state index is 12.0. The van der Waals surface area contributed by atoms with Crippen LogP contribution in [0.3, 0.4) is 0 Å². The fourth-order valence-electron chi connectivity index (χ4n) is 4.02. The van der Waals surface area contributed by atoms with Crippen LogP contribution in [0.4, 0.5) is 0 Å². The molecule has 8 atom stereocenters. The standard InChI is InChI=1S/C21H28O10/c1-10-16-13(24)5-11(7-22)3-2-4-12(6-14(16)30-20(10)28)9-29-21-19(27)18(26)17(25)15(8-23)31-21/h3,6-7,13-19,21,23-27H,1-2,4-5,8-9H2/b11-3+,12-6+/t13-,14+,15+,16+,17+,18-,19+,21+/m0/s1. The summed E-state index contributed by atoms with van der Waals surface area (Å²) in [5.74, 6) is -1.36. The zero-order valence-corrected chi connectivity index (χ0v) is 16.9. The molecule has 31 heavy (non-hydrogen) atoms. The van der Waals surface area contributed by atoms with Crippen molar-refractivity contribution < 1.29 is 49.3 Å². The van der Waals surface area contributed by atoms with Gasteiger partial charge in [0.25, 0.3) is 0 Å². The first-order valence-electron chi connectivity index (χ1n) is 10.1. The van der Waals surface area contributed by atoms with E-state index >= 15 is 0 Å². The Kier molecular flexibility index (Phi) is 7.76. The number of aliphatic hydroxyl groups excluding tert-OH is 5. The van der Waals surface area contributed by atoms with Gasteiger partial charge >= 0.3 is 5.97 Å². The van der Waals surface area contributed by atoms with Gasteiger partial charge in [0.15, 0.2) is 6.29 Å². The highest BCUT2D eigenvalue weighted by molar-refractivity contribution is 5.91. The van der Waals surface area contributed by atoms with Crippen molar-refractivity contribution in [2.75, 3.05) is 13.2 Å². The number of fused-ring (bicyclic) bond motifs is 1. The molecule has 0 radical (unpaired) electrons. The average molecular weight is 440 g/mol. The number of carbonyl (C=O) groups excluding carboxylic acids is 2. The Bertz CT molecular complexity index is 757. The lowest BCUT2D eigenvalue weighted by molar-refractivity contribution is -0.299. The number of hydrogen-bond acceptors (Lipinski definition) is 10. The third-order valence-electron chi connectivity index (χ3n) is 5.83. The van der Waals surface area contributed by atoms with Crippen molar-refractivity contribution >= 4 is 12.3 Å². The van der Waals surface area contributed by atoms with Crippen molar-refractivity contribution in [2.45, 2.75) is 62.2 Å². The van der Waals surface area contributed by atoms with Crippen LogP contribution in [0.1, 0.15) is 19.3 Å². The molecule has 10 heteroatoms. The van der Waals surface area contributed by atoms with E-state index < -0.39 is 61.4 Å². The van der Waals surface area contributed by atoms with Gasteiger partial charge in [-0.1, -0.05) is 12.7 Å². The lowest BCUT2D eigenvalue weighted by Crippen LogP contribution is -2.59. The van der Waals surface area contributed by atoms with Gasteiger partial charge in [0, 0.05) is 12.0 Å². The lowest BCUT2D eigenvalue weighted by Gasteiger charge is -2.39. The molecular formula is C21H28O10. The first-order valence-corrected chi connectivity index (χ1v) is 10.1. The fraction of sp³-hybridized carbons (Fsp3) is 0.619. The molecule has 0 unspecified atom stereocenters. The van der Waals surface area contributed by atoms with E-state index in [0.29, 0.717) is 30.3 Å². The van der Waals surface area contributed by atoms with Gasteiger partial charge in [-0.2, -0.15) is 0 Å². The number of carbonyl (C=O) groups is 2. The molecule has 10 nitrogen and oxygen atoms in total. The summed E-state index contributed by atoms with van der Waals surface area (Å²) in [7, 11) is 0. The summed E-state index contributed by atoms with van der Waals surface area (Å²) in [5, 5.41) is 49.8. The molecule has 0 bridgehead atoms. The minimum absolute atomic E-state index is 0.0743. The molecule has 0 saturated carbocycles. The van der Waals surface area contributed by atoms with Crippen LogP contribution in [-0.2, 0) is 23.8 Å². The monoisotopic (exact) mass is 440 g/mol. The van der Waals surface area contributed by atoms with Crippen LogP contribution < -0.4 is 0 Å². The lowest BCUT2D eigenvalue weighted by atomic mass is 9.85. The number of allylic oxidation sites excluding steroid dienone is 1. The molecule has 2 heterocycles. The van der Waals surface area contributed by atoms with E-state index in [4.69, 9.17) is 14.2 Å². The summed E-state index contributed by atoms with van der Waals surface area (Å²) in [5.41, 5.74) is 1.16. The van der Waals surface area contributed by atoms with Gasteiger partial charge in [-0.3, -0.25) is 4.79 Å². The van der Waals surface area contributed by atoms with Crippen LogP contribution in [0.2, 0.25) is 0 Å². The molecule has 0 amide bonds. The minimum atomic E-state index is -1.56. The van der Waals surface area contributed by atoms with Gasteiger partial charge in [0.05, 0.1) is 25.2 Å². The molecule has 0 aromatic rings. The molecule has 3 aliphatic rings. The third-order valence-corrected chi connectivity index (χ3v) is 5.83. The summed E-state index contributed by atoms with van der Waals surface area (Å²) in [4.78, 5) is 23.3. The Morgan fingerprint density at radius 3 is 2.61 bits per heavy atom. The van der Waals surface area contributed by atoms with Crippen LogP contribution in [-0.4, -0.2) is 93.9 Å². The maximum Gasteiger partial charge on any atom is 0.334 e. The van der Waals surface area contributed by atoms with E-state index in [1.807, 2.05) is 0 Å². The van der Waals surface area contributed by atoms with Crippen molar-refractivity contribution in [3.63, 3.8) is 0 Å². The molecule has 1 aliphatic carbocycles. The number of hydrogen-bond donors (Lipinski definition) is 5. The summed E-state index contributed by atoms with van der Waals surface area (Å²) < 4.78 is 16.3.